The van der Waals surface area contributed by atoms with E-state index in [4.69, 9.17) is 14.2 Å². The van der Waals surface area contributed by atoms with Crippen LogP contribution in [0.2, 0.25) is 0 Å². The largest absolute Gasteiger partial charge is 0.513 e. The maximum absolute atomic E-state index is 13.5. The Morgan fingerprint density at radius 3 is 2.45 bits per heavy atom. The van der Waals surface area contributed by atoms with Gasteiger partial charge in [0.25, 0.3) is 5.91 Å². The van der Waals surface area contributed by atoms with E-state index in [1.807, 2.05) is 19.9 Å². The quantitative estimate of drug-likeness (QED) is 0.461. The number of aromatic nitrogens is 1. The number of aromatic amines is 1. The van der Waals surface area contributed by atoms with Gasteiger partial charge in [0, 0.05) is 47.6 Å². The van der Waals surface area contributed by atoms with Gasteiger partial charge in [0.05, 0.1) is 18.5 Å². The standard InChI is InChI=1S/C28H28FN3O6/c1-4-36-27(35)38-22-15-32(25(33)17-6-8-18(29)9-7-17)16-28(2,3)23-20-11-10-19(14-21(20)30-24(22)23)37-26(34)31-12-5-13-31/h6-11,14-15,30H,4-5,12-13,16H2,1-3H3. The Labute approximate surface area is 218 Å². The number of rotatable bonds is 4. The smallest absolute Gasteiger partial charge is 0.434 e. The van der Waals surface area contributed by atoms with Gasteiger partial charge in [0.15, 0.2) is 5.76 Å². The lowest BCUT2D eigenvalue weighted by molar-refractivity contribution is 0.0788. The van der Waals surface area contributed by atoms with Gasteiger partial charge in [0.1, 0.15) is 11.6 Å². The minimum absolute atomic E-state index is 0.0924. The fourth-order valence-corrected chi connectivity index (χ4v) is 4.75. The number of likely N-dealkylation sites (tertiary alicyclic amines) is 1. The van der Waals surface area contributed by atoms with Crippen molar-refractivity contribution in [2.45, 2.75) is 32.6 Å². The first kappa shape index (κ1) is 25.3. The molecule has 0 bridgehead atoms. The minimum Gasteiger partial charge on any atom is -0.434 e. The summed E-state index contributed by atoms with van der Waals surface area (Å²) in [4.78, 5) is 44.4. The topological polar surface area (TPSA) is 101 Å². The maximum atomic E-state index is 13.5. The van der Waals surface area contributed by atoms with Crippen molar-refractivity contribution in [2.75, 3.05) is 26.2 Å². The van der Waals surface area contributed by atoms with E-state index in [1.54, 1.807) is 24.0 Å². The first-order valence-corrected chi connectivity index (χ1v) is 12.4. The lowest BCUT2D eigenvalue weighted by Gasteiger charge is -2.30. The normalized spacial score (nSPS) is 16.2. The number of fused-ring (bicyclic) bond motifs is 3. The van der Waals surface area contributed by atoms with E-state index in [-0.39, 0.29) is 30.4 Å². The van der Waals surface area contributed by atoms with Crippen molar-refractivity contribution in [1.82, 2.24) is 14.8 Å². The van der Waals surface area contributed by atoms with Gasteiger partial charge in [-0.2, -0.15) is 0 Å². The SMILES string of the molecule is CCOC(=O)OC1=CN(C(=O)c2ccc(F)cc2)CC(C)(C)c2c1[nH]c1cc(OC(=O)N3CCC3)ccc21. The van der Waals surface area contributed by atoms with E-state index in [0.717, 1.165) is 17.4 Å². The molecule has 2 aromatic carbocycles. The van der Waals surface area contributed by atoms with Crippen molar-refractivity contribution in [3.8, 4) is 5.75 Å². The summed E-state index contributed by atoms with van der Waals surface area (Å²) in [6, 6.07) is 10.5. The van der Waals surface area contributed by atoms with Crippen molar-refractivity contribution in [1.29, 1.82) is 0 Å². The molecular weight excluding hydrogens is 493 g/mol. The van der Waals surface area contributed by atoms with Crippen molar-refractivity contribution in [3.05, 3.63) is 71.3 Å². The van der Waals surface area contributed by atoms with Crippen molar-refractivity contribution in [3.63, 3.8) is 0 Å². The number of hydrogen-bond acceptors (Lipinski definition) is 6. The van der Waals surface area contributed by atoms with Crippen LogP contribution in [0.1, 0.15) is 48.8 Å². The minimum atomic E-state index is -0.915. The lowest BCUT2D eigenvalue weighted by Crippen LogP contribution is -2.43. The third-order valence-electron chi connectivity index (χ3n) is 6.66. The Kier molecular flexibility index (Phi) is 6.56. The van der Waals surface area contributed by atoms with Crippen LogP contribution in [0.3, 0.4) is 0 Å². The van der Waals surface area contributed by atoms with Gasteiger partial charge >= 0.3 is 12.2 Å². The molecule has 9 nitrogen and oxygen atoms in total. The van der Waals surface area contributed by atoms with Crippen molar-refractivity contribution >= 4 is 34.8 Å². The number of hydrogen-bond donors (Lipinski definition) is 1. The number of halogens is 1. The summed E-state index contributed by atoms with van der Waals surface area (Å²) < 4.78 is 29.6. The molecule has 38 heavy (non-hydrogen) atoms. The van der Waals surface area contributed by atoms with Crippen LogP contribution in [0.5, 0.6) is 5.75 Å². The second-order valence-corrected chi connectivity index (χ2v) is 9.89. The summed E-state index contributed by atoms with van der Waals surface area (Å²) in [6.45, 7) is 7.32. The molecule has 1 aromatic heterocycles. The zero-order chi connectivity index (χ0) is 27.0. The lowest BCUT2D eigenvalue weighted by atomic mass is 9.82. The van der Waals surface area contributed by atoms with Gasteiger partial charge in [-0.1, -0.05) is 13.8 Å². The molecule has 1 saturated heterocycles. The number of amides is 2. The van der Waals surface area contributed by atoms with Crippen LogP contribution in [0.25, 0.3) is 16.7 Å². The number of carbonyl (C=O) groups excluding carboxylic acids is 3. The fourth-order valence-electron chi connectivity index (χ4n) is 4.75. The molecule has 1 fully saturated rings. The van der Waals surface area contributed by atoms with Crippen LogP contribution in [0.15, 0.2) is 48.7 Å². The van der Waals surface area contributed by atoms with Gasteiger partial charge in [0.2, 0.25) is 0 Å². The first-order chi connectivity index (χ1) is 18.2. The average molecular weight is 522 g/mol. The number of carbonyl (C=O) groups is 3. The molecule has 0 saturated carbocycles. The molecule has 2 aliphatic heterocycles. The summed E-state index contributed by atoms with van der Waals surface area (Å²) in [5.74, 6) is -0.350. The highest BCUT2D eigenvalue weighted by Gasteiger charge is 2.37. The molecule has 0 spiro atoms. The number of H-pyrrole nitrogens is 1. The summed E-state index contributed by atoms with van der Waals surface area (Å²) >= 11 is 0. The third-order valence-corrected chi connectivity index (χ3v) is 6.66. The van der Waals surface area contributed by atoms with Crippen molar-refractivity contribution < 1.29 is 33.0 Å². The molecule has 0 radical (unpaired) electrons. The van der Waals surface area contributed by atoms with E-state index in [0.29, 0.717) is 30.0 Å². The van der Waals surface area contributed by atoms with Crippen LogP contribution in [-0.4, -0.2) is 59.2 Å². The summed E-state index contributed by atoms with van der Waals surface area (Å²) in [6.07, 6.45) is 1.10. The Hall–Kier alpha value is -4.34. The second-order valence-electron chi connectivity index (χ2n) is 9.89. The van der Waals surface area contributed by atoms with Gasteiger partial charge in [-0.25, -0.2) is 14.0 Å². The predicted molar refractivity (Wildman–Crippen MR) is 137 cm³/mol. The van der Waals surface area contributed by atoms with E-state index in [9.17, 15) is 18.8 Å². The van der Waals surface area contributed by atoms with Crippen LogP contribution in [0, 0.1) is 5.82 Å². The molecule has 5 rings (SSSR count). The van der Waals surface area contributed by atoms with Gasteiger partial charge in [-0.3, -0.25) is 4.79 Å². The Morgan fingerprint density at radius 2 is 1.79 bits per heavy atom. The zero-order valence-corrected chi connectivity index (χ0v) is 21.4. The molecular formula is C28H28FN3O6. The maximum Gasteiger partial charge on any atom is 0.513 e. The van der Waals surface area contributed by atoms with Gasteiger partial charge in [-0.15, -0.1) is 0 Å². The zero-order valence-electron chi connectivity index (χ0n) is 21.4. The van der Waals surface area contributed by atoms with Crippen LogP contribution in [-0.2, 0) is 14.9 Å². The van der Waals surface area contributed by atoms with Crippen molar-refractivity contribution in [2.24, 2.45) is 0 Å². The molecule has 2 amide bonds. The second kappa shape index (κ2) is 9.85. The molecule has 1 N–H and O–H groups in total. The molecule has 3 heterocycles. The molecule has 0 atom stereocenters. The molecule has 198 valence electrons. The molecule has 3 aromatic rings. The molecule has 2 aliphatic rings. The highest BCUT2D eigenvalue weighted by atomic mass is 19.1. The Balaban J connectivity index is 1.56. The highest BCUT2D eigenvalue weighted by Crippen LogP contribution is 2.41. The fraction of sp³-hybridized carbons (Fsp3) is 0.321. The number of nitrogens with one attached hydrogen (secondary N) is 1. The van der Waals surface area contributed by atoms with E-state index < -0.39 is 23.5 Å². The summed E-state index contributed by atoms with van der Waals surface area (Å²) in [7, 11) is 0. The molecule has 10 heteroatoms. The monoisotopic (exact) mass is 521 g/mol. The van der Waals surface area contributed by atoms with Gasteiger partial charge in [-0.05, 0) is 55.3 Å². The summed E-state index contributed by atoms with van der Waals surface area (Å²) in [5.41, 5.74) is 1.67. The van der Waals surface area contributed by atoms with E-state index >= 15 is 0 Å². The molecule has 0 unspecified atom stereocenters. The van der Waals surface area contributed by atoms with Gasteiger partial charge < -0.3 is 29.0 Å². The Bertz CT molecular complexity index is 1440. The summed E-state index contributed by atoms with van der Waals surface area (Å²) in [5, 5.41) is 0.822. The van der Waals surface area contributed by atoms with Crippen LogP contribution in [0.4, 0.5) is 14.0 Å². The van der Waals surface area contributed by atoms with Crippen LogP contribution >= 0.6 is 0 Å². The third kappa shape index (κ3) is 4.81. The van der Waals surface area contributed by atoms with E-state index in [1.165, 1.54) is 35.4 Å². The number of nitrogens with zero attached hydrogens (tertiary/aromatic N) is 2. The van der Waals surface area contributed by atoms with E-state index in [2.05, 4.69) is 4.98 Å². The molecule has 0 aliphatic carbocycles. The first-order valence-electron chi connectivity index (χ1n) is 12.4. The highest BCUT2D eigenvalue weighted by molar-refractivity contribution is 5.97. The van der Waals surface area contributed by atoms with Crippen LogP contribution < -0.4 is 4.74 Å². The Morgan fingerprint density at radius 1 is 1.05 bits per heavy atom. The number of benzene rings is 2. The number of ether oxygens (including phenoxy) is 3. The predicted octanol–water partition coefficient (Wildman–Crippen LogP) is 5.42. The average Bonchev–Trinajstić information content (AvgIpc) is 3.17.